The molecule has 1 unspecified atom stereocenters. The second-order valence-corrected chi connectivity index (χ2v) is 7.01. The average molecular weight is 418 g/mol. The van der Waals surface area contributed by atoms with Crippen LogP contribution in [0.15, 0.2) is 51.8 Å². The lowest BCUT2D eigenvalue weighted by Crippen LogP contribution is -2.31. The van der Waals surface area contributed by atoms with Gasteiger partial charge in [0, 0.05) is 0 Å². The van der Waals surface area contributed by atoms with Crippen LogP contribution in [0.4, 0.5) is 5.69 Å². The molecule has 0 bridgehead atoms. The van der Waals surface area contributed by atoms with E-state index in [0.717, 1.165) is 4.68 Å². The van der Waals surface area contributed by atoms with Gasteiger partial charge in [-0.15, -0.1) is 0 Å². The fourth-order valence-electron chi connectivity index (χ4n) is 2.75. The summed E-state index contributed by atoms with van der Waals surface area (Å²) in [5, 5.41) is 17.5. The van der Waals surface area contributed by atoms with Gasteiger partial charge in [-0.25, -0.2) is 4.79 Å². The Morgan fingerprint density at radius 1 is 1.34 bits per heavy atom. The number of hydrogen-bond donors (Lipinski definition) is 2. The van der Waals surface area contributed by atoms with E-state index >= 15 is 0 Å². The van der Waals surface area contributed by atoms with Gasteiger partial charge in [0.2, 0.25) is 0 Å². The van der Waals surface area contributed by atoms with E-state index in [0.29, 0.717) is 11.5 Å². The number of halogens is 1. The molecule has 9 heteroatoms. The Hall–Kier alpha value is -3.10. The molecule has 0 aliphatic carbocycles. The van der Waals surface area contributed by atoms with Crippen LogP contribution in [0.2, 0.25) is 5.02 Å². The third-order valence-corrected chi connectivity index (χ3v) is 4.72. The van der Waals surface area contributed by atoms with E-state index < -0.39 is 17.1 Å². The number of carbonyl (C=O) groups is 1. The largest absolute Gasteiger partial charge is 0.465 e. The molecular weight excluding hydrogens is 398 g/mol. The summed E-state index contributed by atoms with van der Waals surface area (Å²) in [4.78, 5) is 24.7. The van der Waals surface area contributed by atoms with Gasteiger partial charge in [0.05, 0.1) is 36.8 Å². The molecule has 0 amide bonds. The highest BCUT2D eigenvalue weighted by molar-refractivity contribution is 6.33. The molecule has 0 aliphatic heterocycles. The first-order valence-corrected chi connectivity index (χ1v) is 9.11. The van der Waals surface area contributed by atoms with Crippen molar-refractivity contribution in [3.8, 4) is 5.69 Å². The Kier molecular flexibility index (Phi) is 5.76. The molecule has 0 saturated carbocycles. The number of ether oxygens (including phenoxy) is 1. The Morgan fingerprint density at radius 3 is 2.72 bits per heavy atom. The Balaban J connectivity index is 1.90. The van der Waals surface area contributed by atoms with Crippen molar-refractivity contribution < 1.29 is 19.1 Å². The number of carbonyl (C=O) groups excluding carboxylic acids is 1. The smallest absolute Gasteiger partial charge is 0.340 e. The Morgan fingerprint density at radius 2 is 2.07 bits per heavy atom. The number of aliphatic hydroxyl groups is 1. The highest BCUT2D eigenvalue weighted by Crippen LogP contribution is 2.25. The topological polar surface area (TPSA) is 107 Å². The summed E-state index contributed by atoms with van der Waals surface area (Å²) in [5.41, 5.74) is -1.29. The fraction of sp³-hybridized carbons (Fsp3) is 0.250. The highest BCUT2D eigenvalue weighted by atomic mass is 35.5. The second kappa shape index (κ2) is 8.10. The lowest BCUT2D eigenvalue weighted by molar-refractivity contribution is 0.0468. The van der Waals surface area contributed by atoms with Gasteiger partial charge in [0.25, 0.3) is 5.56 Å². The zero-order valence-corrected chi connectivity index (χ0v) is 16.9. The lowest BCUT2D eigenvalue weighted by atomic mass is 10.0. The molecule has 2 N–H and O–H groups in total. The maximum atomic E-state index is 12.7. The van der Waals surface area contributed by atoms with Crippen LogP contribution in [0.3, 0.4) is 0 Å². The zero-order chi connectivity index (χ0) is 21.2. The van der Waals surface area contributed by atoms with Crippen molar-refractivity contribution in [3.63, 3.8) is 0 Å². The van der Waals surface area contributed by atoms with E-state index in [9.17, 15) is 14.7 Å². The molecule has 0 spiro atoms. The molecule has 1 atom stereocenters. The van der Waals surface area contributed by atoms with Gasteiger partial charge in [-0.1, -0.05) is 23.7 Å². The maximum Gasteiger partial charge on any atom is 0.340 e. The lowest BCUT2D eigenvalue weighted by Gasteiger charge is -2.22. The fourth-order valence-corrected chi connectivity index (χ4v) is 2.94. The van der Waals surface area contributed by atoms with Gasteiger partial charge >= 0.3 is 5.97 Å². The van der Waals surface area contributed by atoms with Gasteiger partial charge in [-0.3, -0.25) is 4.79 Å². The van der Waals surface area contributed by atoms with Crippen LogP contribution in [0.5, 0.6) is 0 Å². The number of para-hydroxylation sites is 1. The van der Waals surface area contributed by atoms with Crippen LogP contribution in [0.1, 0.15) is 28.8 Å². The minimum absolute atomic E-state index is 0.0313. The molecule has 2 aromatic heterocycles. The predicted octanol–water partition coefficient (Wildman–Crippen LogP) is 2.89. The number of nitrogens with one attached hydrogen (secondary N) is 1. The van der Waals surface area contributed by atoms with Crippen molar-refractivity contribution in [3.05, 3.63) is 75.1 Å². The monoisotopic (exact) mass is 417 g/mol. The van der Waals surface area contributed by atoms with E-state index in [2.05, 4.69) is 10.4 Å². The SMILES string of the molecule is COC(=O)c1ccccc1-n1ncc(NCC(C)(O)c2ccc(C)o2)c(Cl)c1=O. The van der Waals surface area contributed by atoms with E-state index in [4.69, 9.17) is 20.8 Å². The first-order chi connectivity index (χ1) is 13.7. The summed E-state index contributed by atoms with van der Waals surface area (Å²) in [7, 11) is 1.25. The molecule has 8 nitrogen and oxygen atoms in total. The Labute approximate surface area is 171 Å². The summed E-state index contributed by atoms with van der Waals surface area (Å²) in [6.07, 6.45) is 1.35. The molecule has 0 fully saturated rings. The molecule has 152 valence electrons. The molecule has 0 saturated heterocycles. The average Bonchev–Trinajstić information content (AvgIpc) is 3.16. The number of nitrogens with zero attached hydrogens (tertiary/aromatic N) is 2. The highest BCUT2D eigenvalue weighted by Gasteiger charge is 2.27. The van der Waals surface area contributed by atoms with Crippen LogP contribution in [0.25, 0.3) is 5.69 Å². The number of benzene rings is 1. The minimum Gasteiger partial charge on any atom is -0.465 e. The zero-order valence-electron chi connectivity index (χ0n) is 16.1. The van der Waals surface area contributed by atoms with Gasteiger partial charge in [-0.2, -0.15) is 9.78 Å². The molecule has 29 heavy (non-hydrogen) atoms. The van der Waals surface area contributed by atoms with E-state index in [1.165, 1.54) is 19.4 Å². The number of aryl methyl sites for hydroxylation is 1. The molecule has 0 aliphatic rings. The molecule has 0 radical (unpaired) electrons. The first kappa shape index (κ1) is 20.6. The van der Waals surface area contributed by atoms with Gasteiger partial charge in [0.15, 0.2) is 0 Å². The summed E-state index contributed by atoms with van der Waals surface area (Å²) >= 11 is 6.24. The Bertz CT molecular complexity index is 1100. The van der Waals surface area contributed by atoms with E-state index in [-0.39, 0.29) is 28.5 Å². The molecule has 3 rings (SSSR count). The number of esters is 1. The van der Waals surface area contributed by atoms with Crippen LogP contribution >= 0.6 is 11.6 Å². The van der Waals surface area contributed by atoms with E-state index in [1.807, 2.05) is 0 Å². The number of rotatable bonds is 6. The van der Waals surface area contributed by atoms with Crippen LogP contribution in [0, 0.1) is 6.92 Å². The standard InChI is InChI=1S/C20H20ClN3O5/c1-12-8-9-16(29-12)20(2,27)11-22-14-10-23-24(18(25)17(14)21)15-7-5-4-6-13(15)19(26)28-3/h4-10,22,27H,11H2,1-3H3. The maximum absolute atomic E-state index is 12.7. The quantitative estimate of drug-likeness (QED) is 0.594. The number of furan rings is 1. The third kappa shape index (κ3) is 4.18. The summed E-state index contributed by atoms with van der Waals surface area (Å²) in [6, 6.07) is 9.83. The van der Waals surface area contributed by atoms with Crippen molar-refractivity contribution in [2.45, 2.75) is 19.4 Å². The summed E-state index contributed by atoms with van der Waals surface area (Å²) in [6.45, 7) is 3.39. The first-order valence-electron chi connectivity index (χ1n) is 8.73. The van der Waals surface area contributed by atoms with Crippen LogP contribution in [-0.2, 0) is 10.3 Å². The third-order valence-electron chi connectivity index (χ3n) is 4.35. The molecule has 2 heterocycles. The molecule has 1 aromatic carbocycles. The van der Waals surface area contributed by atoms with E-state index in [1.54, 1.807) is 44.2 Å². The number of anilines is 1. The molecular formula is C20H20ClN3O5. The van der Waals surface area contributed by atoms with Crippen molar-refractivity contribution in [2.24, 2.45) is 0 Å². The molecule has 3 aromatic rings. The number of methoxy groups -OCH3 is 1. The van der Waals surface area contributed by atoms with Crippen molar-refractivity contribution in [1.29, 1.82) is 0 Å². The van der Waals surface area contributed by atoms with Crippen LogP contribution in [-0.4, -0.2) is 34.5 Å². The van der Waals surface area contributed by atoms with Gasteiger partial charge in [-0.05, 0) is 38.1 Å². The predicted molar refractivity (Wildman–Crippen MR) is 108 cm³/mol. The normalized spacial score (nSPS) is 13.0. The van der Waals surface area contributed by atoms with Crippen LogP contribution < -0.4 is 10.9 Å². The van der Waals surface area contributed by atoms with Crippen molar-refractivity contribution in [2.75, 3.05) is 19.0 Å². The second-order valence-electron chi connectivity index (χ2n) is 6.64. The summed E-state index contributed by atoms with van der Waals surface area (Å²) < 4.78 is 11.2. The van der Waals surface area contributed by atoms with Gasteiger partial charge in [0.1, 0.15) is 22.1 Å². The van der Waals surface area contributed by atoms with Gasteiger partial charge < -0.3 is 19.6 Å². The summed E-state index contributed by atoms with van der Waals surface area (Å²) in [5.74, 6) is 0.455. The number of hydrogen-bond acceptors (Lipinski definition) is 7. The van der Waals surface area contributed by atoms with Crippen molar-refractivity contribution in [1.82, 2.24) is 9.78 Å². The number of aromatic nitrogens is 2. The minimum atomic E-state index is -1.33. The van der Waals surface area contributed by atoms with Crippen molar-refractivity contribution >= 4 is 23.3 Å².